The maximum atomic E-state index is 11.0. The van der Waals surface area contributed by atoms with E-state index >= 15 is 0 Å². The SMILES string of the molecule is CCCCCCCC/C=C\CCCCCCCC(=O)OS(=O)(=O)O.O=S(=O)(O)O.[H-].[Na+]. The fraction of sp³-hybridized carbons (Fsp3) is 0.833. The molecule has 0 aromatic carbocycles. The van der Waals surface area contributed by atoms with E-state index in [4.69, 9.17) is 22.1 Å². The van der Waals surface area contributed by atoms with Gasteiger partial charge in [-0.25, -0.2) is 0 Å². The van der Waals surface area contributed by atoms with Crippen molar-refractivity contribution < 1.29 is 70.5 Å². The molecular formula is C18H37NaO9S2. The second kappa shape index (κ2) is 22.2. The Morgan fingerprint density at radius 1 is 0.767 bits per heavy atom. The van der Waals surface area contributed by atoms with E-state index in [-0.39, 0.29) is 37.4 Å². The molecular weight excluding hydrogens is 447 g/mol. The Kier molecular flexibility index (Phi) is 25.6. The van der Waals surface area contributed by atoms with Crippen LogP contribution in [0.15, 0.2) is 12.2 Å². The first kappa shape index (κ1) is 34.6. The summed E-state index contributed by atoms with van der Waals surface area (Å²) in [5.41, 5.74) is 0. The zero-order chi connectivity index (χ0) is 22.6. The summed E-state index contributed by atoms with van der Waals surface area (Å²) in [6.07, 6.45) is 19.6. The third-order valence-corrected chi connectivity index (χ3v) is 4.24. The number of hydrogen-bond donors (Lipinski definition) is 3. The molecule has 0 aromatic rings. The molecule has 0 saturated heterocycles. The second-order valence-electron chi connectivity index (χ2n) is 6.67. The van der Waals surface area contributed by atoms with E-state index in [1.165, 1.54) is 44.9 Å². The predicted molar refractivity (Wildman–Crippen MR) is 112 cm³/mol. The van der Waals surface area contributed by atoms with Crippen molar-refractivity contribution >= 4 is 26.8 Å². The van der Waals surface area contributed by atoms with Crippen LogP contribution >= 0.6 is 0 Å². The summed E-state index contributed by atoms with van der Waals surface area (Å²) in [6.45, 7) is 2.24. The summed E-state index contributed by atoms with van der Waals surface area (Å²) >= 11 is 0. The summed E-state index contributed by atoms with van der Waals surface area (Å²) in [7, 11) is -9.32. The van der Waals surface area contributed by atoms with Crippen molar-refractivity contribution in [2.24, 2.45) is 0 Å². The van der Waals surface area contributed by atoms with Crippen LogP contribution in [0.4, 0.5) is 0 Å². The standard InChI is InChI=1S/C18H34O5S.Na.H2O4S.H/c1-2-3-4-5-6-7-8-9-10-11-12-13-14-15-16-17-18(19)23-24(20,21)22;;1-5(2,3)4;/h9-10H,2-8,11-17H2,1H3,(H,20,21,22);;(H2,1,2,3,4);/q;+1;;-1/b10-9-;;;. The first-order chi connectivity index (χ1) is 13.5. The van der Waals surface area contributed by atoms with E-state index in [0.29, 0.717) is 6.42 Å². The molecule has 0 bridgehead atoms. The molecule has 0 heterocycles. The fourth-order valence-corrected chi connectivity index (χ4v) is 2.82. The topological polar surface area (TPSA) is 155 Å². The van der Waals surface area contributed by atoms with E-state index in [2.05, 4.69) is 23.3 Å². The number of carbonyl (C=O) groups excluding carboxylic acids is 1. The molecule has 0 unspecified atom stereocenters. The quantitative estimate of drug-likeness (QED) is 0.129. The first-order valence-electron chi connectivity index (χ1n) is 10.00. The van der Waals surface area contributed by atoms with Gasteiger partial charge in [-0.05, 0) is 32.1 Å². The van der Waals surface area contributed by atoms with Crippen LogP contribution in [0, 0.1) is 0 Å². The molecule has 0 aromatic heterocycles. The fourth-order valence-electron chi connectivity index (χ4n) is 2.50. The minimum atomic E-state index is -4.67. The monoisotopic (exact) mass is 484 g/mol. The van der Waals surface area contributed by atoms with Crippen LogP contribution in [0.2, 0.25) is 0 Å². The number of unbranched alkanes of at least 4 members (excludes halogenated alkanes) is 11. The van der Waals surface area contributed by atoms with Crippen LogP contribution in [-0.4, -0.2) is 36.5 Å². The van der Waals surface area contributed by atoms with Gasteiger partial charge in [-0.1, -0.05) is 70.4 Å². The minimum absolute atomic E-state index is 0. The van der Waals surface area contributed by atoms with E-state index in [9.17, 15) is 13.2 Å². The van der Waals surface area contributed by atoms with Crippen LogP contribution in [0.3, 0.4) is 0 Å². The second-order valence-corrected chi connectivity index (χ2v) is 8.58. The van der Waals surface area contributed by atoms with Crippen LogP contribution in [0.1, 0.15) is 98.2 Å². The molecule has 0 saturated carbocycles. The predicted octanol–water partition coefficient (Wildman–Crippen LogP) is 1.83. The maximum absolute atomic E-state index is 11.0. The molecule has 0 aliphatic heterocycles. The maximum Gasteiger partial charge on any atom is 1.00 e. The molecule has 0 radical (unpaired) electrons. The Balaban J connectivity index is -0.000000464. The summed E-state index contributed by atoms with van der Waals surface area (Å²) in [5.74, 6) is -0.893. The normalized spacial score (nSPS) is 11.5. The summed E-state index contributed by atoms with van der Waals surface area (Å²) < 4.78 is 64.4. The average molecular weight is 485 g/mol. The molecule has 30 heavy (non-hydrogen) atoms. The van der Waals surface area contributed by atoms with Gasteiger partial charge in [0.1, 0.15) is 0 Å². The van der Waals surface area contributed by atoms with Gasteiger partial charge < -0.3 is 5.61 Å². The smallest absolute Gasteiger partial charge is 1.00 e. The van der Waals surface area contributed by atoms with Crippen LogP contribution in [0.5, 0.6) is 0 Å². The molecule has 9 nitrogen and oxygen atoms in total. The largest absolute Gasteiger partial charge is 1.00 e. The minimum Gasteiger partial charge on any atom is -1.00 e. The molecule has 0 aliphatic carbocycles. The van der Waals surface area contributed by atoms with Crippen LogP contribution < -0.4 is 29.6 Å². The van der Waals surface area contributed by atoms with E-state index in [0.717, 1.165) is 32.1 Å². The van der Waals surface area contributed by atoms with Crippen molar-refractivity contribution in [2.75, 3.05) is 0 Å². The summed E-state index contributed by atoms with van der Waals surface area (Å²) in [4.78, 5) is 11.0. The van der Waals surface area contributed by atoms with Gasteiger partial charge >= 0.3 is 56.3 Å². The number of allylic oxidation sites excluding steroid dienone is 2. The zero-order valence-corrected chi connectivity index (χ0v) is 21.8. The van der Waals surface area contributed by atoms with E-state index in [1.54, 1.807) is 0 Å². The third kappa shape index (κ3) is 42.2. The molecule has 0 atom stereocenters. The molecule has 0 spiro atoms. The van der Waals surface area contributed by atoms with Gasteiger partial charge in [0, 0.05) is 6.42 Å². The van der Waals surface area contributed by atoms with Gasteiger partial charge in [0.15, 0.2) is 0 Å². The van der Waals surface area contributed by atoms with Gasteiger partial charge in [0.2, 0.25) is 0 Å². The number of carbonyl (C=O) groups is 1. The summed E-state index contributed by atoms with van der Waals surface area (Å²) in [6, 6.07) is 0. The molecule has 176 valence electrons. The van der Waals surface area contributed by atoms with Crippen molar-refractivity contribution in [1.29, 1.82) is 0 Å². The van der Waals surface area contributed by atoms with E-state index in [1.807, 2.05) is 0 Å². The number of rotatable bonds is 16. The Bertz CT molecular complexity index is 630. The van der Waals surface area contributed by atoms with Crippen LogP contribution in [0.25, 0.3) is 0 Å². The van der Waals surface area contributed by atoms with Gasteiger partial charge in [0.25, 0.3) is 0 Å². The van der Waals surface area contributed by atoms with Crippen molar-refractivity contribution in [3.05, 3.63) is 12.2 Å². The number of hydrogen-bond acceptors (Lipinski definition) is 6. The molecule has 12 heteroatoms. The van der Waals surface area contributed by atoms with E-state index < -0.39 is 26.8 Å². The summed E-state index contributed by atoms with van der Waals surface area (Å²) in [5, 5.41) is 0. The molecule has 0 amide bonds. The van der Waals surface area contributed by atoms with Crippen LogP contribution in [-0.2, 0) is 29.8 Å². The molecule has 0 rings (SSSR count). The Morgan fingerprint density at radius 3 is 1.53 bits per heavy atom. The van der Waals surface area contributed by atoms with Gasteiger partial charge in [0.05, 0.1) is 0 Å². The molecule has 3 N–H and O–H groups in total. The molecule has 0 aliphatic rings. The molecule has 0 fully saturated rings. The Labute approximate surface area is 205 Å². The van der Waals surface area contributed by atoms with Gasteiger partial charge in [-0.15, -0.1) is 0 Å². The average Bonchev–Trinajstić information content (AvgIpc) is 2.55. The van der Waals surface area contributed by atoms with Crippen molar-refractivity contribution in [1.82, 2.24) is 0 Å². The first-order valence-corrected chi connectivity index (χ1v) is 12.8. The zero-order valence-electron chi connectivity index (χ0n) is 19.2. The Morgan fingerprint density at radius 2 is 1.13 bits per heavy atom. The Hall–Kier alpha value is -0.0100. The van der Waals surface area contributed by atoms with Crippen molar-refractivity contribution in [3.63, 3.8) is 0 Å². The van der Waals surface area contributed by atoms with Gasteiger partial charge in [-0.2, -0.15) is 16.8 Å². The third-order valence-electron chi connectivity index (χ3n) is 3.84. The van der Waals surface area contributed by atoms with Crippen molar-refractivity contribution in [2.45, 2.75) is 96.8 Å². The van der Waals surface area contributed by atoms with Crippen molar-refractivity contribution in [3.8, 4) is 0 Å². The van der Waals surface area contributed by atoms with Gasteiger partial charge in [-0.3, -0.25) is 18.5 Å².